The van der Waals surface area contributed by atoms with Crippen molar-refractivity contribution in [2.75, 3.05) is 12.0 Å². The van der Waals surface area contributed by atoms with Crippen LogP contribution in [0.4, 0.5) is 5.69 Å². The second-order valence-corrected chi connectivity index (χ2v) is 6.80. The van der Waals surface area contributed by atoms with E-state index in [4.69, 9.17) is 0 Å². The average Bonchev–Trinajstić information content (AvgIpc) is 2.70. The van der Waals surface area contributed by atoms with Gasteiger partial charge in [0.05, 0.1) is 4.92 Å². The lowest BCUT2D eigenvalue weighted by molar-refractivity contribution is -0.384. The van der Waals surface area contributed by atoms with Gasteiger partial charge in [0.1, 0.15) is 6.04 Å². The molecular formula is C19H21N3O4S. The van der Waals surface area contributed by atoms with E-state index in [9.17, 15) is 19.7 Å². The van der Waals surface area contributed by atoms with E-state index >= 15 is 0 Å². The van der Waals surface area contributed by atoms with Gasteiger partial charge in [0, 0.05) is 24.2 Å². The molecule has 0 saturated carbocycles. The van der Waals surface area contributed by atoms with Gasteiger partial charge in [0.15, 0.2) is 0 Å². The summed E-state index contributed by atoms with van der Waals surface area (Å²) in [5.74, 6) is -0.107. The van der Waals surface area contributed by atoms with E-state index in [0.29, 0.717) is 18.7 Å². The molecule has 2 N–H and O–H groups in total. The van der Waals surface area contributed by atoms with Crippen LogP contribution in [-0.4, -0.2) is 34.8 Å². The van der Waals surface area contributed by atoms with E-state index in [0.717, 1.165) is 5.56 Å². The molecule has 0 fully saturated rings. The van der Waals surface area contributed by atoms with Crippen LogP contribution in [0.1, 0.15) is 22.3 Å². The first-order valence-electron chi connectivity index (χ1n) is 8.37. The fraction of sp³-hybridized carbons (Fsp3) is 0.263. The van der Waals surface area contributed by atoms with Gasteiger partial charge in [0.2, 0.25) is 5.91 Å². The molecule has 8 heteroatoms. The van der Waals surface area contributed by atoms with Crippen molar-refractivity contribution in [2.24, 2.45) is 0 Å². The van der Waals surface area contributed by atoms with Crippen LogP contribution in [0.25, 0.3) is 0 Å². The highest BCUT2D eigenvalue weighted by Gasteiger charge is 2.21. The SMILES string of the molecule is CSCC[C@H](NC(=O)c1cccc([N+](=O)[O-])c1)C(=O)NCc1ccccc1. The zero-order valence-corrected chi connectivity index (χ0v) is 15.7. The first kappa shape index (κ1) is 20.4. The Bertz CT molecular complexity index is 799. The van der Waals surface area contributed by atoms with Crippen molar-refractivity contribution in [2.45, 2.75) is 19.0 Å². The maximum absolute atomic E-state index is 12.5. The summed E-state index contributed by atoms with van der Waals surface area (Å²) in [6.45, 7) is 0.363. The normalized spacial score (nSPS) is 11.4. The Balaban J connectivity index is 2.04. The van der Waals surface area contributed by atoms with Crippen molar-refractivity contribution in [1.29, 1.82) is 0 Å². The van der Waals surface area contributed by atoms with Crippen molar-refractivity contribution >= 4 is 29.3 Å². The Morgan fingerprint density at radius 2 is 1.89 bits per heavy atom. The smallest absolute Gasteiger partial charge is 0.270 e. The molecule has 2 aromatic carbocycles. The topological polar surface area (TPSA) is 101 Å². The Labute approximate surface area is 161 Å². The second kappa shape index (κ2) is 10.3. The highest BCUT2D eigenvalue weighted by molar-refractivity contribution is 7.98. The van der Waals surface area contributed by atoms with Crippen LogP contribution in [0.3, 0.4) is 0 Å². The standard InChI is InChI=1S/C19H21N3O4S/c1-27-11-10-17(19(24)20-13-14-6-3-2-4-7-14)21-18(23)15-8-5-9-16(12-15)22(25)26/h2-9,12,17H,10-11,13H2,1H3,(H,20,24)(H,21,23)/t17-/m0/s1. The van der Waals surface area contributed by atoms with E-state index in [-0.39, 0.29) is 17.2 Å². The summed E-state index contributed by atoms with van der Waals surface area (Å²) < 4.78 is 0. The van der Waals surface area contributed by atoms with Crippen molar-refractivity contribution in [3.63, 3.8) is 0 Å². The second-order valence-electron chi connectivity index (χ2n) is 5.82. The molecular weight excluding hydrogens is 366 g/mol. The number of hydrogen-bond donors (Lipinski definition) is 2. The predicted octanol–water partition coefficient (Wildman–Crippen LogP) is 2.76. The molecule has 2 rings (SSSR count). The van der Waals surface area contributed by atoms with Crippen LogP contribution >= 0.6 is 11.8 Å². The summed E-state index contributed by atoms with van der Waals surface area (Å²) in [5, 5.41) is 16.4. The van der Waals surface area contributed by atoms with Gasteiger partial charge in [-0.3, -0.25) is 19.7 Å². The van der Waals surface area contributed by atoms with E-state index in [1.165, 1.54) is 24.3 Å². The van der Waals surface area contributed by atoms with Gasteiger partial charge < -0.3 is 10.6 Å². The number of carbonyl (C=O) groups is 2. The lowest BCUT2D eigenvalue weighted by atomic mass is 10.1. The monoisotopic (exact) mass is 387 g/mol. The number of rotatable bonds is 9. The molecule has 0 spiro atoms. The molecule has 0 aliphatic rings. The summed E-state index contributed by atoms with van der Waals surface area (Å²) in [6, 6.07) is 14.2. The molecule has 0 radical (unpaired) electrons. The number of amides is 2. The molecule has 2 aromatic rings. The number of benzene rings is 2. The van der Waals surface area contributed by atoms with Crippen LogP contribution in [0.2, 0.25) is 0 Å². The van der Waals surface area contributed by atoms with E-state index in [2.05, 4.69) is 10.6 Å². The van der Waals surface area contributed by atoms with Gasteiger partial charge in [-0.05, 0) is 30.1 Å². The number of carbonyl (C=O) groups excluding carboxylic acids is 2. The lowest BCUT2D eigenvalue weighted by Crippen LogP contribution is -2.46. The molecule has 0 aliphatic heterocycles. The molecule has 0 bridgehead atoms. The fourth-order valence-electron chi connectivity index (χ4n) is 2.42. The summed E-state index contributed by atoms with van der Waals surface area (Å²) in [5.41, 5.74) is 0.936. The van der Waals surface area contributed by atoms with Gasteiger partial charge >= 0.3 is 0 Å². The molecule has 27 heavy (non-hydrogen) atoms. The Morgan fingerprint density at radius 3 is 2.56 bits per heavy atom. The lowest BCUT2D eigenvalue weighted by Gasteiger charge is -2.18. The van der Waals surface area contributed by atoms with Gasteiger partial charge in [-0.15, -0.1) is 0 Å². The fourth-order valence-corrected chi connectivity index (χ4v) is 2.89. The van der Waals surface area contributed by atoms with Crippen LogP contribution in [0.15, 0.2) is 54.6 Å². The number of hydrogen-bond acceptors (Lipinski definition) is 5. The number of nitrogens with zero attached hydrogens (tertiary/aromatic N) is 1. The molecule has 0 heterocycles. The summed E-state index contributed by atoms with van der Waals surface area (Å²) in [7, 11) is 0. The average molecular weight is 387 g/mol. The van der Waals surface area contributed by atoms with Crippen molar-refractivity contribution in [3.8, 4) is 0 Å². The number of non-ortho nitro benzene ring substituents is 1. The largest absolute Gasteiger partial charge is 0.350 e. The number of thioether (sulfide) groups is 1. The highest BCUT2D eigenvalue weighted by atomic mass is 32.2. The van der Waals surface area contributed by atoms with Crippen LogP contribution < -0.4 is 10.6 Å². The molecule has 1 atom stereocenters. The van der Waals surface area contributed by atoms with E-state index < -0.39 is 16.9 Å². The van der Waals surface area contributed by atoms with Crippen LogP contribution in [0.5, 0.6) is 0 Å². The zero-order valence-electron chi connectivity index (χ0n) is 14.9. The number of nitro benzene ring substituents is 1. The number of nitrogens with one attached hydrogen (secondary N) is 2. The molecule has 2 amide bonds. The molecule has 0 aromatic heterocycles. The molecule has 0 saturated heterocycles. The summed E-state index contributed by atoms with van der Waals surface area (Å²) >= 11 is 1.57. The van der Waals surface area contributed by atoms with Gasteiger partial charge in [-0.25, -0.2) is 0 Å². The predicted molar refractivity (Wildman–Crippen MR) is 106 cm³/mol. The van der Waals surface area contributed by atoms with Gasteiger partial charge in [-0.1, -0.05) is 36.4 Å². The van der Waals surface area contributed by atoms with Crippen LogP contribution in [0, 0.1) is 10.1 Å². The first-order chi connectivity index (χ1) is 13.0. The zero-order chi connectivity index (χ0) is 19.6. The van der Waals surface area contributed by atoms with Gasteiger partial charge in [0.25, 0.3) is 11.6 Å². The third-order valence-electron chi connectivity index (χ3n) is 3.86. The third-order valence-corrected chi connectivity index (χ3v) is 4.51. The minimum atomic E-state index is -0.715. The van der Waals surface area contributed by atoms with Crippen LogP contribution in [-0.2, 0) is 11.3 Å². The Kier molecular flexibility index (Phi) is 7.81. The maximum atomic E-state index is 12.5. The summed E-state index contributed by atoms with van der Waals surface area (Å²) in [6.07, 6.45) is 2.38. The van der Waals surface area contributed by atoms with E-state index in [1.54, 1.807) is 11.8 Å². The molecule has 142 valence electrons. The third kappa shape index (κ3) is 6.41. The van der Waals surface area contributed by atoms with E-state index in [1.807, 2.05) is 36.6 Å². The quantitative estimate of drug-likeness (QED) is 0.509. The van der Waals surface area contributed by atoms with Crippen molar-refractivity contribution in [3.05, 3.63) is 75.8 Å². The molecule has 0 unspecified atom stereocenters. The Morgan fingerprint density at radius 1 is 1.15 bits per heavy atom. The molecule has 0 aliphatic carbocycles. The minimum Gasteiger partial charge on any atom is -0.350 e. The first-order valence-corrected chi connectivity index (χ1v) is 9.76. The molecule has 7 nitrogen and oxygen atoms in total. The maximum Gasteiger partial charge on any atom is 0.270 e. The van der Waals surface area contributed by atoms with Crippen molar-refractivity contribution in [1.82, 2.24) is 10.6 Å². The number of nitro groups is 1. The Hall–Kier alpha value is -2.87. The summed E-state index contributed by atoms with van der Waals surface area (Å²) in [4.78, 5) is 35.3. The van der Waals surface area contributed by atoms with Gasteiger partial charge in [-0.2, -0.15) is 11.8 Å². The van der Waals surface area contributed by atoms with Crippen molar-refractivity contribution < 1.29 is 14.5 Å². The minimum absolute atomic E-state index is 0.147. The highest BCUT2D eigenvalue weighted by Crippen LogP contribution is 2.13.